The lowest BCUT2D eigenvalue weighted by atomic mass is 9.92. The number of methoxy groups -OCH3 is 1. The summed E-state index contributed by atoms with van der Waals surface area (Å²) < 4.78 is 33.3. The maximum Gasteiger partial charge on any atom is 0.252 e. The zero-order valence-corrected chi connectivity index (χ0v) is 13.8. The Hall–Kier alpha value is -2.09. The number of hydrogen-bond acceptors (Lipinski definition) is 5. The van der Waals surface area contributed by atoms with Gasteiger partial charge in [-0.25, -0.2) is 18.4 Å². The van der Waals surface area contributed by atoms with E-state index >= 15 is 0 Å². The van der Waals surface area contributed by atoms with Crippen molar-refractivity contribution in [1.82, 2.24) is 19.7 Å². The summed E-state index contributed by atoms with van der Waals surface area (Å²) >= 11 is 0. The highest BCUT2D eigenvalue weighted by atomic mass is 19.3. The van der Waals surface area contributed by atoms with Crippen LogP contribution in [0.5, 0.6) is 0 Å². The first-order chi connectivity index (χ1) is 11.4. The van der Waals surface area contributed by atoms with Crippen molar-refractivity contribution in [2.45, 2.75) is 51.2 Å². The Kier molecular flexibility index (Phi) is 4.75. The highest BCUT2D eigenvalue weighted by Gasteiger charge is 2.35. The highest BCUT2D eigenvalue weighted by molar-refractivity contribution is 5.40. The molecule has 2 aromatic heterocycles. The van der Waals surface area contributed by atoms with Gasteiger partial charge in [-0.3, -0.25) is 0 Å². The molecule has 0 saturated heterocycles. The number of ether oxygens (including phenoxy) is 1. The molecular weight excluding hydrogens is 316 g/mol. The van der Waals surface area contributed by atoms with Crippen LogP contribution < -0.4 is 5.32 Å². The molecule has 1 saturated carbocycles. The van der Waals surface area contributed by atoms with E-state index < -0.39 is 5.92 Å². The van der Waals surface area contributed by atoms with E-state index in [4.69, 9.17) is 4.74 Å². The van der Waals surface area contributed by atoms with Crippen molar-refractivity contribution in [2.24, 2.45) is 0 Å². The monoisotopic (exact) mass is 337 g/mol. The number of aryl methyl sites for hydroxylation is 1. The molecule has 0 unspecified atom stereocenters. The maximum atomic E-state index is 13.3. The first kappa shape index (κ1) is 16.8. The number of hydrogen-bond donors (Lipinski definition) is 1. The van der Waals surface area contributed by atoms with Crippen molar-refractivity contribution in [3.63, 3.8) is 0 Å². The quantitative estimate of drug-likeness (QED) is 0.908. The number of nitrogens with one attached hydrogen (secondary N) is 1. The molecule has 8 heteroatoms. The predicted octanol–water partition coefficient (Wildman–Crippen LogP) is 3.11. The van der Waals surface area contributed by atoms with Crippen LogP contribution in [0.15, 0.2) is 18.3 Å². The summed E-state index contributed by atoms with van der Waals surface area (Å²) in [5.41, 5.74) is 1.57. The molecule has 24 heavy (non-hydrogen) atoms. The minimum absolute atomic E-state index is 0.0119. The van der Waals surface area contributed by atoms with E-state index in [9.17, 15) is 8.78 Å². The third-order valence-electron chi connectivity index (χ3n) is 4.06. The summed E-state index contributed by atoms with van der Waals surface area (Å²) in [6.07, 6.45) is 2.45. The van der Waals surface area contributed by atoms with Gasteiger partial charge in [-0.15, -0.1) is 0 Å². The molecule has 2 aromatic rings. The second-order valence-electron chi connectivity index (χ2n) is 6.15. The molecule has 1 fully saturated rings. The van der Waals surface area contributed by atoms with Crippen LogP contribution in [0, 0.1) is 6.92 Å². The number of halogens is 2. The summed E-state index contributed by atoms with van der Waals surface area (Å²) in [6, 6.07) is 3.64. The van der Waals surface area contributed by atoms with Crippen LogP contribution in [0.4, 0.5) is 14.6 Å². The standard InChI is InChI=1S/C16H21F2N5O/c1-11-5-8-23(22-11)15-20-13(10-24-2)9-14(21-15)19-12-3-6-16(17,18)7-4-12/h5,8-9,12H,3-4,6-7,10H2,1-2H3,(H,19,20,21). The van der Waals surface area contributed by atoms with Gasteiger partial charge in [-0.1, -0.05) is 0 Å². The Morgan fingerprint density at radius 1 is 1.33 bits per heavy atom. The molecule has 0 bridgehead atoms. The fourth-order valence-electron chi connectivity index (χ4n) is 2.80. The molecular formula is C16H21F2N5O. The van der Waals surface area contributed by atoms with Crippen molar-refractivity contribution in [3.8, 4) is 5.95 Å². The molecule has 6 nitrogen and oxygen atoms in total. The number of nitrogens with zero attached hydrogens (tertiary/aromatic N) is 4. The van der Waals surface area contributed by atoms with Crippen LogP contribution in [-0.2, 0) is 11.3 Å². The first-order valence-corrected chi connectivity index (χ1v) is 7.99. The first-order valence-electron chi connectivity index (χ1n) is 7.99. The summed E-state index contributed by atoms with van der Waals surface area (Å²) in [5, 5.41) is 7.57. The van der Waals surface area contributed by atoms with Gasteiger partial charge in [0.25, 0.3) is 5.95 Å². The number of alkyl halides is 2. The number of aromatic nitrogens is 4. The molecule has 0 amide bonds. The summed E-state index contributed by atoms with van der Waals surface area (Å²) in [4.78, 5) is 8.89. The van der Waals surface area contributed by atoms with E-state index in [1.54, 1.807) is 24.1 Å². The minimum Gasteiger partial charge on any atom is -0.378 e. The lowest BCUT2D eigenvalue weighted by Gasteiger charge is -2.29. The third kappa shape index (κ3) is 4.05. The molecule has 0 atom stereocenters. The van der Waals surface area contributed by atoms with E-state index in [0.29, 0.717) is 36.9 Å². The van der Waals surface area contributed by atoms with Gasteiger partial charge in [-0.2, -0.15) is 10.1 Å². The molecule has 1 N–H and O–H groups in total. The lowest BCUT2D eigenvalue weighted by molar-refractivity contribution is -0.0361. The smallest absolute Gasteiger partial charge is 0.252 e. The predicted molar refractivity (Wildman–Crippen MR) is 85.4 cm³/mol. The second-order valence-corrected chi connectivity index (χ2v) is 6.15. The van der Waals surface area contributed by atoms with Gasteiger partial charge in [0.15, 0.2) is 0 Å². The summed E-state index contributed by atoms with van der Waals surface area (Å²) in [7, 11) is 1.59. The third-order valence-corrected chi connectivity index (χ3v) is 4.06. The molecule has 0 radical (unpaired) electrons. The Bertz CT molecular complexity index is 694. The van der Waals surface area contributed by atoms with Crippen molar-refractivity contribution in [1.29, 1.82) is 0 Å². The van der Waals surface area contributed by atoms with E-state index in [-0.39, 0.29) is 18.9 Å². The Morgan fingerprint density at radius 3 is 2.71 bits per heavy atom. The van der Waals surface area contributed by atoms with Gasteiger partial charge in [0, 0.05) is 38.3 Å². The molecule has 130 valence electrons. The zero-order valence-electron chi connectivity index (χ0n) is 13.8. The average Bonchev–Trinajstić information content (AvgIpc) is 2.96. The number of rotatable bonds is 5. The van der Waals surface area contributed by atoms with Crippen molar-refractivity contribution < 1.29 is 13.5 Å². The Balaban J connectivity index is 1.80. The zero-order chi connectivity index (χ0) is 17.2. The van der Waals surface area contributed by atoms with Crippen molar-refractivity contribution >= 4 is 5.82 Å². The van der Waals surface area contributed by atoms with E-state index in [0.717, 1.165) is 5.69 Å². The van der Waals surface area contributed by atoms with Crippen LogP contribution in [-0.4, -0.2) is 38.8 Å². The van der Waals surface area contributed by atoms with E-state index in [1.807, 2.05) is 13.0 Å². The lowest BCUT2D eigenvalue weighted by Crippen LogP contribution is -2.32. The van der Waals surface area contributed by atoms with Crippen LogP contribution in [0.3, 0.4) is 0 Å². The largest absolute Gasteiger partial charge is 0.378 e. The van der Waals surface area contributed by atoms with Gasteiger partial charge in [0.05, 0.1) is 18.0 Å². The Labute approximate surface area is 139 Å². The fourth-order valence-corrected chi connectivity index (χ4v) is 2.80. The second kappa shape index (κ2) is 6.80. The molecule has 1 aliphatic carbocycles. The van der Waals surface area contributed by atoms with E-state index in [2.05, 4.69) is 20.4 Å². The summed E-state index contributed by atoms with van der Waals surface area (Å²) in [6.45, 7) is 2.23. The number of anilines is 1. The van der Waals surface area contributed by atoms with Gasteiger partial charge >= 0.3 is 0 Å². The van der Waals surface area contributed by atoms with Gasteiger partial charge in [-0.05, 0) is 25.8 Å². The Morgan fingerprint density at radius 2 is 2.08 bits per heavy atom. The minimum atomic E-state index is -2.54. The fraction of sp³-hybridized carbons (Fsp3) is 0.562. The summed E-state index contributed by atoms with van der Waals surface area (Å²) in [5.74, 6) is -1.50. The molecule has 0 spiro atoms. The van der Waals surface area contributed by atoms with Gasteiger partial charge < -0.3 is 10.1 Å². The van der Waals surface area contributed by atoms with Crippen LogP contribution in [0.1, 0.15) is 37.1 Å². The topological polar surface area (TPSA) is 64.9 Å². The van der Waals surface area contributed by atoms with Gasteiger partial charge in [0.2, 0.25) is 5.92 Å². The molecule has 1 aliphatic rings. The van der Waals surface area contributed by atoms with E-state index in [1.165, 1.54) is 0 Å². The van der Waals surface area contributed by atoms with Crippen molar-refractivity contribution in [3.05, 3.63) is 29.7 Å². The normalized spacial score (nSPS) is 17.8. The maximum absolute atomic E-state index is 13.3. The van der Waals surface area contributed by atoms with Crippen LogP contribution in [0.25, 0.3) is 5.95 Å². The van der Waals surface area contributed by atoms with Crippen molar-refractivity contribution in [2.75, 3.05) is 12.4 Å². The van der Waals surface area contributed by atoms with Gasteiger partial charge in [0.1, 0.15) is 5.82 Å². The highest BCUT2D eigenvalue weighted by Crippen LogP contribution is 2.34. The van der Waals surface area contributed by atoms with Crippen LogP contribution >= 0.6 is 0 Å². The SMILES string of the molecule is COCc1cc(NC2CCC(F)(F)CC2)nc(-n2ccc(C)n2)n1. The molecule has 2 heterocycles. The average molecular weight is 337 g/mol. The van der Waals surface area contributed by atoms with Crippen LogP contribution in [0.2, 0.25) is 0 Å². The molecule has 0 aliphatic heterocycles. The molecule has 3 rings (SSSR count). The molecule has 0 aromatic carbocycles.